The summed E-state index contributed by atoms with van der Waals surface area (Å²) in [6.07, 6.45) is 2.90. The zero-order valence-corrected chi connectivity index (χ0v) is 26.6. The average molecular weight is 667 g/mol. The Balaban J connectivity index is 1.49. The van der Waals surface area contributed by atoms with Gasteiger partial charge in [-0.2, -0.15) is 0 Å². The summed E-state index contributed by atoms with van der Waals surface area (Å²) in [6, 6.07) is 17.5. The number of nitrogens with zero attached hydrogens (tertiary/aromatic N) is 2. The van der Waals surface area contributed by atoms with Gasteiger partial charge in [-0.25, -0.2) is 10.3 Å². The van der Waals surface area contributed by atoms with E-state index in [2.05, 4.69) is 15.9 Å². The van der Waals surface area contributed by atoms with Crippen LogP contribution in [0.15, 0.2) is 71.2 Å². The summed E-state index contributed by atoms with van der Waals surface area (Å²) in [6.45, 7) is 6.54. The number of hydrogen-bond donors (Lipinski definition) is 3. The predicted molar refractivity (Wildman–Crippen MR) is 169 cm³/mol. The maximum atomic E-state index is 13.5. The standard InChI is InChI=1S/C33H36BrN3O7/c1-33(2,3)44-32(41)37(19-22-7-5-21(6-8-22)9-14-30(39)35-42)25-15-16-36(20-25)31(40)24-10-12-26(27(34)17-24)23-11-13-29(43-4)28(38)18-23/h5-14,17-18,25,38,42H,15-16,19-20H2,1-4H3,(H,35,39)/b14-9+/t25-/m0/s1. The number of benzene rings is 3. The molecule has 3 amide bonds. The van der Waals surface area contributed by atoms with E-state index in [1.54, 1.807) is 45.6 Å². The predicted octanol–water partition coefficient (Wildman–Crippen LogP) is 6.00. The number of nitrogens with one attached hydrogen (secondary N) is 1. The molecule has 10 nitrogen and oxygen atoms in total. The van der Waals surface area contributed by atoms with E-state index in [0.717, 1.165) is 22.3 Å². The number of phenols is 1. The van der Waals surface area contributed by atoms with E-state index in [1.165, 1.54) is 13.2 Å². The Labute approximate surface area is 265 Å². The molecule has 0 aliphatic carbocycles. The second kappa shape index (κ2) is 14.0. The molecule has 3 aromatic rings. The number of methoxy groups -OCH3 is 1. The van der Waals surface area contributed by atoms with Gasteiger partial charge >= 0.3 is 6.09 Å². The lowest BCUT2D eigenvalue weighted by molar-refractivity contribution is -0.124. The quantitative estimate of drug-likeness (QED) is 0.153. The van der Waals surface area contributed by atoms with Gasteiger partial charge in [-0.05, 0) is 79.8 Å². The second-order valence-electron chi connectivity index (χ2n) is 11.4. The fraction of sp³-hybridized carbons (Fsp3) is 0.303. The van der Waals surface area contributed by atoms with Gasteiger partial charge in [0.25, 0.3) is 11.8 Å². The molecule has 1 atom stereocenters. The van der Waals surface area contributed by atoms with E-state index in [4.69, 9.17) is 14.7 Å². The van der Waals surface area contributed by atoms with Crippen molar-refractivity contribution in [3.63, 3.8) is 0 Å². The number of likely N-dealkylation sites (tertiary alicyclic amines) is 1. The van der Waals surface area contributed by atoms with Crippen molar-refractivity contribution in [3.05, 3.63) is 87.9 Å². The van der Waals surface area contributed by atoms with Crippen molar-refractivity contribution in [2.45, 2.75) is 45.4 Å². The van der Waals surface area contributed by atoms with Crippen molar-refractivity contribution < 1.29 is 34.2 Å². The van der Waals surface area contributed by atoms with Gasteiger partial charge in [-0.3, -0.25) is 19.7 Å². The minimum atomic E-state index is -0.694. The summed E-state index contributed by atoms with van der Waals surface area (Å²) in [7, 11) is 1.49. The Kier molecular flexibility index (Phi) is 10.3. The molecule has 0 spiro atoms. The van der Waals surface area contributed by atoms with Crippen molar-refractivity contribution in [3.8, 4) is 22.6 Å². The van der Waals surface area contributed by atoms with E-state index in [1.807, 2.05) is 57.2 Å². The van der Waals surface area contributed by atoms with E-state index in [-0.39, 0.29) is 24.2 Å². The fourth-order valence-corrected chi connectivity index (χ4v) is 5.51. The lowest BCUT2D eigenvalue weighted by atomic mass is 10.0. The number of rotatable bonds is 8. The Morgan fingerprint density at radius 2 is 1.82 bits per heavy atom. The van der Waals surface area contributed by atoms with Crippen LogP contribution in [0, 0.1) is 0 Å². The van der Waals surface area contributed by atoms with Crippen LogP contribution in [0.5, 0.6) is 11.5 Å². The van der Waals surface area contributed by atoms with E-state index in [0.29, 0.717) is 35.3 Å². The number of hydrogen-bond acceptors (Lipinski definition) is 7. The number of aromatic hydroxyl groups is 1. The molecular formula is C33H36BrN3O7. The molecule has 1 fully saturated rings. The fourth-order valence-electron chi connectivity index (χ4n) is 4.91. The molecule has 1 aliphatic rings. The summed E-state index contributed by atoms with van der Waals surface area (Å²) in [4.78, 5) is 41.6. The minimum absolute atomic E-state index is 0.0228. The Morgan fingerprint density at radius 3 is 2.43 bits per heavy atom. The average Bonchev–Trinajstić information content (AvgIpc) is 3.47. The lowest BCUT2D eigenvalue weighted by Crippen LogP contribution is -2.44. The van der Waals surface area contributed by atoms with Crippen LogP contribution in [0.1, 0.15) is 48.7 Å². The lowest BCUT2D eigenvalue weighted by Gasteiger charge is -2.32. The Morgan fingerprint density at radius 1 is 1.09 bits per heavy atom. The molecule has 44 heavy (non-hydrogen) atoms. The monoisotopic (exact) mass is 665 g/mol. The summed E-state index contributed by atoms with van der Waals surface area (Å²) < 4.78 is 11.6. The summed E-state index contributed by atoms with van der Waals surface area (Å²) in [5.74, 6) is -0.384. The third-order valence-electron chi connectivity index (χ3n) is 7.10. The van der Waals surface area contributed by atoms with Gasteiger partial charge in [0, 0.05) is 35.7 Å². The molecule has 1 aliphatic heterocycles. The highest BCUT2D eigenvalue weighted by Gasteiger charge is 2.35. The minimum Gasteiger partial charge on any atom is -0.504 e. The van der Waals surface area contributed by atoms with Crippen LogP contribution >= 0.6 is 15.9 Å². The maximum Gasteiger partial charge on any atom is 0.410 e. The van der Waals surface area contributed by atoms with Crippen LogP contribution in [0.4, 0.5) is 4.79 Å². The largest absolute Gasteiger partial charge is 0.504 e. The van der Waals surface area contributed by atoms with Crippen molar-refractivity contribution in [1.82, 2.24) is 15.3 Å². The number of phenolic OH excluding ortho intramolecular Hbond substituents is 1. The van der Waals surface area contributed by atoms with Crippen molar-refractivity contribution in [1.29, 1.82) is 0 Å². The van der Waals surface area contributed by atoms with Crippen LogP contribution in [-0.2, 0) is 16.1 Å². The highest BCUT2D eigenvalue weighted by Crippen LogP contribution is 2.35. The van der Waals surface area contributed by atoms with Crippen molar-refractivity contribution >= 4 is 39.9 Å². The first-order valence-electron chi connectivity index (χ1n) is 14.1. The molecule has 0 bridgehead atoms. The van der Waals surface area contributed by atoms with E-state index < -0.39 is 17.6 Å². The summed E-state index contributed by atoms with van der Waals surface area (Å²) in [5.41, 5.74) is 4.54. The SMILES string of the molecule is COc1ccc(-c2ccc(C(=O)N3CC[C@H](N(Cc4ccc(/C=C/C(=O)NO)cc4)C(=O)OC(C)(C)C)C3)cc2Br)cc1O. The molecule has 3 aromatic carbocycles. The Hall–Kier alpha value is -4.35. The number of amides is 3. The Bertz CT molecular complexity index is 1550. The number of carbonyl (C=O) groups excluding carboxylic acids is 3. The summed E-state index contributed by atoms with van der Waals surface area (Å²) >= 11 is 3.58. The van der Waals surface area contributed by atoms with E-state index in [9.17, 15) is 19.5 Å². The zero-order valence-electron chi connectivity index (χ0n) is 25.0. The highest BCUT2D eigenvalue weighted by atomic mass is 79.9. The van der Waals surface area contributed by atoms with Crippen molar-refractivity contribution in [2.24, 2.45) is 0 Å². The molecule has 232 valence electrons. The van der Waals surface area contributed by atoms with Gasteiger partial charge in [0.15, 0.2) is 11.5 Å². The van der Waals surface area contributed by atoms with Gasteiger partial charge < -0.3 is 19.5 Å². The van der Waals surface area contributed by atoms with Crippen LogP contribution in [0.25, 0.3) is 17.2 Å². The molecule has 3 N–H and O–H groups in total. The first-order valence-corrected chi connectivity index (χ1v) is 14.8. The molecule has 0 saturated carbocycles. The zero-order chi connectivity index (χ0) is 32.0. The topological polar surface area (TPSA) is 129 Å². The van der Waals surface area contributed by atoms with Crippen LogP contribution in [0.3, 0.4) is 0 Å². The first kappa shape index (κ1) is 32.6. The van der Waals surface area contributed by atoms with Crippen molar-refractivity contribution in [2.75, 3.05) is 20.2 Å². The molecule has 1 saturated heterocycles. The van der Waals surface area contributed by atoms with Crippen LogP contribution in [0.2, 0.25) is 0 Å². The van der Waals surface area contributed by atoms with Gasteiger partial charge in [0.05, 0.1) is 13.2 Å². The van der Waals surface area contributed by atoms with E-state index >= 15 is 0 Å². The van der Waals surface area contributed by atoms with Gasteiger partial charge in [-0.1, -0.05) is 52.3 Å². The normalized spacial score (nSPS) is 14.9. The number of halogens is 1. The van der Waals surface area contributed by atoms with Gasteiger partial charge in [0.1, 0.15) is 5.60 Å². The third kappa shape index (κ3) is 8.18. The molecule has 0 radical (unpaired) electrons. The molecule has 0 unspecified atom stereocenters. The molecule has 0 aromatic heterocycles. The molecule has 1 heterocycles. The second-order valence-corrected chi connectivity index (χ2v) is 12.3. The smallest absolute Gasteiger partial charge is 0.410 e. The number of ether oxygens (including phenoxy) is 2. The molecule has 11 heteroatoms. The first-order chi connectivity index (χ1) is 20.9. The van der Waals surface area contributed by atoms with Crippen LogP contribution in [-0.4, -0.2) is 69.9 Å². The highest BCUT2D eigenvalue weighted by molar-refractivity contribution is 9.10. The third-order valence-corrected chi connectivity index (χ3v) is 7.75. The van der Waals surface area contributed by atoms with Crippen LogP contribution < -0.4 is 10.2 Å². The molecular weight excluding hydrogens is 630 g/mol. The maximum absolute atomic E-state index is 13.5. The number of hydroxylamine groups is 1. The molecule has 4 rings (SSSR count). The number of carbonyl (C=O) groups is 3. The summed E-state index contributed by atoms with van der Waals surface area (Å²) in [5, 5.41) is 18.9. The van der Waals surface area contributed by atoms with Gasteiger partial charge in [0.2, 0.25) is 0 Å². The van der Waals surface area contributed by atoms with Gasteiger partial charge in [-0.15, -0.1) is 0 Å².